The molecule has 0 aliphatic rings. The molecule has 0 N–H and O–H groups in total. The average molecular weight is 638 g/mol. The van der Waals surface area contributed by atoms with Gasteiger partial charge < -0.3 is 4.42 Å². The molecule has 11 aromatic rings. The van der Waals surface area contributed by atoms with E-state index in [1.807, 2.05) is 36.4 Å². The zero-order valence-electron chi connectivity index (χ0n) is 26.8. The number of para-hydroxylation sites is 4. The van der Waals surface area contributed by atoms with Gasteiger partial charge in [0.1, 0.15) is 16.9 Å². The lowest BCUT2D eigenvalue weighted by molar-refractivity contribution is 0.670. The smallest absolute Gasteiger partial charge is 0.165 e. The number of nitrogens with zero attached hydrogens (tertiary/aromatic N) is 3. The van der Waals surface area contributed by atoms with Gasteiger partial charge in [0.05, 0.1) is 22.1 Å². The number of hydrogen-bond donors (Lipinski definition) is 0. The van der Waals surface area contributed by atoms with Crippen LogP contribution in [0.1, 0.15) is 0 Å². The summed E-state index contributed by atoms with van der Waals surface area (Å²) in [6.07, 6.45) is 0. The van der Waals surface area contributed by atoms with Crippen LogP contribution in [0.15, 0.2) is 168 Å². The van der Waals surface area contributed by atoms with Crippen molar-refractivity contribution in [2.45, 2.75) is 0 Å². The highest BCUT2D eigenvalue weighted by atomic mass is 16.3. The average Bonchev–Trinajstić information content (AvgIpc) is 3.73. The van der Waals surface area contributed by atoms with E-state index < -0.39 is 0 Å². The summed E-state index contributed by atoms with van der Waals surface area (Å²) in [6.45, 7) is 0. The second-order valence-corrected chi connectivity index (χ2v) is 12.9. The largest absolute Gasteiger partial charge is 0.455 e. The molecule has 3 heterocycles. The van der Waals surface area contributed by atoms with Crippen molar-refractivity contribution < 1.29 is 4.42 Å². The zero-order valence-corrected chi connectivity index (χ0v) is 26.8. The van der Waals surface area contributed by atoms with Crippen LogP contribution >= 0.6 is 0 Å². The van der Waals surface area contributed by atoms with Crippen LogP contribution in [0.3, 0.4) is 0 Å². The molecule has 3 aromatic heterocycles. The molecule has 0 saturated carbocycles. The Morgan fingerprint density at radius 3 is 2.02 bits per heavy atom. The van der Waals surface area contributed by atoms with E-state index in [0.29, 0.717) is 0 Å². The number of hydrogen-bond acceptors (Lipinski definition) is 3. The molecular formula is C46H27N3O. The molecule has 11 rings (SSSR count). The molecule has 0 saturated heterocycles. The van der Waals surface area contributed by atoms with E-state index in [4.69, 9.17) is 14.4 Å². The zero-order chi connectivity index (χ0) is 32.8. The van der Waals surface area contributed by atoms with Crippen molar-refractivity contribution in [2.24, 2.45) is 0 Å². The van der Waals surface area contributed by atoms with Crippen LogP contribution in [0, 0.1) is 0 Å². The van der Waals surface area contributed by atoms with Gasteiger partial charge in [-0.15, -0.1) is 0 Å². The molecule has 0 radical (unpaired) electrons. The molecule has 0 bridgehead atoms. The number of aromatic nitrogens is 3. The standard InChI is InChI=1S/C46H27N3O/c1-2-14-29(15-3-1)43-46(48-38-23-10-9-22-37(38)47-43)49-39-26-25-28-13-4-6-17-31(28)41(39)34-20-12-21-35(44(34)49)42-32-18-7-5-16-30(32)27-36-33-19-8-11-24-40(33)50-45(36)42/h1-27H. The Morgan fingerprint density at radius 1 is 0.480 bits per heavy atom. The Hall–Kier alpha value is -6.78. The molecule has 0 aliphatic carbocycles. The van der Waals surface area contributed by atoms with Gasteiger partial charge in [0.25, 0.3) is 0 Å². The lowest BCUT2D eigenvalue weighted by Crippen LogP contribution is -2.04. The maximum Gasteiger partial charge on any atom is 0.165 e. The van der Waals surface area contributed by atoms with E-state index in [9.17, 15) is 0 Å². The molecule has 0 unspecified atom stereocenters. The lowest BCUT2D eigenvalue weighted by atomic mass is 9.93. The van der Waals surface area contributed by atoms with Gasteiger partial charge in [-0.25, -0.2) is 9.97 Å². The summed E-state index contributed by atoms with van der Waals surface area (Å²) < 4.78 is 9.15. The molecule has 4 nitrogen and oxygen atoms in total. The second-order valence-electron chi connectivity index (χ2n) is 12.9. The Morgan fingerprint density at radius 2 is 1.16 bits per heavy atom. The van der Waals surface area contributed by atoms with E-state index in [2.05, 4.69) is 132 Å². The fourth-order valence-corrected chi connectivity index (χ4v) is 7.98. The first kappa shape index (κ1) is 27.2. The fraction of sp³-hybridized carbons (Fsp3) is 0. The molecular weight excluding hydrogens is 611 g/mol. The Balaban J connectivity index is 1.39. The predicted molar refractivity (Wildman–Crippen MR) is 207 cm³/mol. The minimum Gasteiger partial charge on any atom is -0.455 e. The maximum absolute atomic E-state index is 6.80. The fourth-order valence-electron chi connectivity index (χ4n) is 7.98. The van der Waals surface area contributed by atoms with Gasteiger partial charge in [0.2, 0.25) is 0 Å². The van der Waals surface area contributed by atoms with Gasteiger partial charge in [-0.3, -0.25) is 4.57 Å². The highest BCUT2D eigenvalue weighted by Gasteiger charge is 2.25. The van der Waals surface area contributed by atoms with E-state index in [1.54, 1.807) is 0 Å². The summed E-state index contributed by atoms with van der Waals surface area (Å²) in [6, 6.07) is 57.6. The SMILES string of the molecule is c1ccc(-c2nc3ccccc3nc2-n2c3ccc4ccccc4c3c3cccc(-c4c5ccccc5cc5c4oc4ccccc45)c32)cc1. The molecule has 0 spiro atoms. The predicted octanol–water partition coefficient (Wildman–Crippen LogP) is 12.3. The third-order valence-corrected chi connectivity index (χ3v) is 10.1. The Labute approximate surface area is 286 Å². The monoisotopic (exact) mass is 637 g/mol. The van der Waals surface area contributed by atoms with Crippen molar-refractivity contribution in [1.82, 2.24) is 14.5 Å². The van der Waals surface area contributed by atoms with Gasteiger partial charge in [-0.05, 0) is 51.9 Å². The molecule has 232 valence electrons. The highest BCUT2D eigenvalue weighted by molar-refractivity contribution is 6.26. The number of fused-ring (bicyclic) bond motifs is 10. The van der Waals surface area contributed by atoms with Gasteiger partial charge >= 0.3 is 0 Å². The first-order valence-electron chi connectivity index (χ1n) is 16.9. The van der Waals surface area contributed by atoms with Crippen molar-refractivity contribution in [3.8, 4) is 28.2 Å². The molecule has 0 amide bonds. The third kappa shape index (κ3) is 3.81. The van der Waals surface area contributed by atoms with Gasteiger partial charge in [0.15, 0.2) is 5.82 Å². The molecule has 0 atom stereocenters. The molecule has 0 fully saturated rings. The van der Waals surface area contributed by atoms with Crippen molar-refractivity contribution in [3.63, 3.8) is 0 Å². The van der Waals surface area contributed by atoms with Gasteiger partial charge in [-0.2, -0.15) is 0 Å². The highest BCUT2D eigenvalue weighted by Crippen LogP contribution is 2.47. The first-order chi connectivity index (χ1) is 24.8. The molecule has 50 heavy (non-hydrogen) atoms. The lowest BCUT2D eigenvalue weighted by Gasteiger charge is -2.16. The van der Waals surface area contributed by atoms with Crippen LogP contribution in [0.4, 0.5) is 0 Å². The quantitative estimate of drug-likeness (QED) is 0.194. The summed E-state index contributed by atoms with van der Waals surface area (Å²) in [4.78, 5) is 10.8. The van der Waals surface area contributed by atoms with Crippen LogP contribution in [0.2, 0.25) is 0 Å². The van der Waals surface area contributed by atoms with Gasteiger partial charge in [-0.1, -0.05) is 133 Å². The van der Waals surface area contributed by atoms with Crippen LogP contribution in [0.5, 0.6) is 0 Å². The van der Waals surface area contributed by atoms with E-state index in [1.165, 1.54) is 21.5 Å². The van der Waals surface area contributed by atoms with E-state index in [0.717, 1.165) is 83.0 Å². The summed E-state index contributed by atoms with van der Waals surface area (Å²) in [5.74, 6) is 0.790. The van der Waals surface area contributed by atoms with Crippen molar-refractivity contribution >= 4 is 76.3 Å². The second kappa shape index (κ2) is 10.4. The van der Waals surface area contributed by atoms with Crippen molar-refractivity contribution in [2.75, 3.05) is 0 Å². The number of rotatable bonds is 3. The summed E-state index contributed by atoms with van der Waals surface area (Å²) in [5, 5.41) is 9.27. The van der Waals surface area contributed by atoms with E-state index >= 15 is 0 Å². The topological polar surface area (TPSA) is 43.9 Å². The molecule has 8 aromatic carbocycles. The summed E-state index contributed by atoms with van der Waals surface area (Å²) in [7, 11) is 0. The van der Waals surface area contributed by atoms with Gasteiger partial charge in [0, 0.05) is 38.2 Å². The third-order valence-electron chi connectivity index (χ3n) is 10.1. The van der Waals surface area contributed by atoms with Crippen molar-refractivity contribution in [3.05, 3.63) is 164 Å². The number of furan rings is 1. The normalized spacial score (nSPS) is 12.0. The Kier molecular flexibility index (Phi) is 5.63. The maximum atomic E-state index is 6.80. The van der Waals surface area contributed by atoms with Crippen LogP contribution in [0.25, 0.3) is 105 Å². The van der Waals surface area contributed by atoms with Crippen LogP contribution in [-0.4, -0.2) is 14.5 Å². The van der Waals surface area contributed by atoms with E-state index in [-0.39, 0.29) is 0 Å². The van der Waals surface area contributed by atoms with Crippen molar-refractivity contribution in [1.29, 1.82) is 0 Å². The summed E-state index contributed by atoms with van der Waals surface area (Å²) >= 11 is 0. The molecule has 0 aliphatic heterocycles. The first-order valence-corrected chi connectivity index (χ1v) is 16.9. The summed E-state index contributed by atoms with van der Waals surface area (Å²) in [5.41, 5.74) is 9.61. The van der Waals surface area contributed by atoms with Crippen LogP contribution in [-0.2, 0) is 0 Å². The molecule has 4 heteroatoms. The minimum absolute atomic E-state index is 0.790. The Bertz CT molecular complexity index is 3150. The minimum atomic E-state index is 0.790. The van der Waals surface area contributed by atoms with Crippen LogP contribution < -0.4 is 0 Å². The number of benzene rings is 8.